The number of hydrogen-bond donors (Lipinski definition) is 0. The minimum absolute atomic E-state index is 0. The molecule has 0 unspecified atom stereocenters. The average Bonchev–Trinajstić information content (AvgIpc) is 1.27. The zero-order chi connectivity index (χ0) is 7.21. The largest absolute Gasteiger partial charge is 1.00 e. The molecule has 0 N–H and O–H groups in total. The van der Waals surface area contributed by atoms with Gasteiger partial charge in [-0.05, 0) is 0 Å². The molecule has 0 aliphatic rings. The van der Waals surface area contributed by atoms with Crippen molar-refractivity contribution >= 4 is 7.25 Å². The minimum Gasteiger partial charge on any atom is -0.418 e. The molecule has 0 aliphatic carbocycles. The Kier molecular flexibility index (Phi) is 14.1. The molecule has 0 radical (unpaired) electrons. The van der Waals surface area contributed by atoms with Crippen LogP contribution in [0.2, 0.25) is 0 Å². The van der Waals surface area contributed by atoms with Crippen LogP contribution in [0.25, 0.3) is 0 Å². The topological polar surface area (TPSA) is 23.8 Å². The molecule has 0 rings (SSSR count). The summed E-state index contributed by atoms with van der Waals surface area (Å²) in [6.45, 7) is 1.43. The van der Waals surface area contributed by atoms with Crippen molar-refractivity contribution in [3.63, 3.8) is 0 Å². The summed E-state index contributed by atoms with van der Waals surface area (Å²) < 4.78 is 39.0. The van der Waals surface area contributed by atoms with E-state index in [1.54, 1.807) is 6.07 Å². The van der Waals surface area contributed by atoms with Crippen LogP contribution in [0, 0.1) is 11.3 Å². The van der Waals surface area contributed by atoms with Gasteiger partial charge in [0, 0.05) is 27.3 Å². The van der Waals surface area contributed by atoms with Crippen molar-refractivity contribution in [2.45, 2.75) is 6.92 Å². The van der Waals surface area contributed by atoms with Crippen LogP contribution in [0.5, 0.6) is 0 Å². The van der Waals surface area contributed by atoms with E-state index in [1.165, 1.54) is 6.92 Å². The van der Waals surface area contributed by atoms with Crippen molar-refractivity contribution in [3.8, 4) is 6.07 Å². The molecule has 0 aromatic rings. The zero-order valence-electron chi connectivity index (χ0n) is 5.35. The van der Waals surface area contributed by atoms with Crippen LogP contribution in [0.15, 0.2) is 0 Å². The summed E-state index contributed by atoms with van der Waals surface area (Å²) in [6, 6.07) is 1.75. The third-order valence-electron chi connectivity index (χ3n) is 0. The van der Waals surface area contributed by atoms with Gasteiger partial charge in [0.25, 0.3) is 0 Å². The van der Waals surface area contributed by atoms with E-state index in [2.05, 4.69) is 0 Å². The third-order valence-corrected chi connectivity index (χ3v) is 0. The SMILES string of the molecule is CC#N.F[B-](F)(F)F.[H+].[Pd]. The Morgan fingerprint density at radius 2 is 1.33 bits per heavy atom. The maximum Gasteiger partial charge on any atom is 1.00 e. The van der Waals surface area contributed by atoms with E-state index in [0.29, 0.717) is 0 Å². The standard InChI is InChI=1S/C2H3N.BF4.Pd/c1-2-3;2-1(3,4)5;/h1H3;;/q;-1;/p+1. The quantitative estimate of drug-likeness (QED) is 0.465. The average molecular weight is 235 g/mol. The van der Waals surface area contributed by atoms with Gasteiger partial charge in [0.2, 0.25) is 0 Å². The first-order chi connectivity index (χ1) is 3.41. The Balaban J connectivity index is -0.0000000326. The number of hydrogen-bond acceptors (Lipinski definition) is 1. The summed E-state index contributed by atoms with van der Waals surface area (Å²) in [5.41, 5.74) is 0. The van der Waals surface area contributed by atoms with Crippen molar-refractivity contribution in [1.29, 1.82) is 5.26 Å². The molecule has 9 heavy (non-hydrogen) atoms. The van der Waals surface area contributed by atoms with Crippen molar-refractivity contribution in [1.82, 2.24) is 0 Å². The van der Waals surface area contributed by atoms with E-state index in [-0.39, 0.29) is 21.8 Å². The van der Waals surface area contributed by atoms with Crippen molar-refractivity contribution in [2.75, 3.05) is 0 Å². The smallest absolute Gasteiger partial charge is 0.418 e. The van der Waals surface area contributed by atoms with Crippen LogP contribution >= 0.6 is 0 Å². The van der Waals surface area contributed by atoms with Crippen LogP contribution < -0.4 is 0 Å². The van der Waals surface area contributed by atoms with Crippen LogP contribution in [0.3, 0.4) is 0 Å². The van der Waals surface area contributed by atoms with Crippen LogP contribution in [0.1, 0.15) is 8.35 Å². The monoisotopic (exact) mass is 235 g/mol. The van der Waals surface area contributed by atoms with Gasteiger partial charge in [-0.2, -0.15) is 5.26 Å². The molecule has 1 nitrogen and oxygen atoms in total. The molecule has 0 atom stereocenters. The second-order valence-electron chi connectivity index (χ2n) is 0.718. The number of nitrogens with zero attached hydrogens (tertiary/aromatic N) is 1. The van der Waals surface area contributed by atoms with Gasteiger partial charge in [0.1, 0.15) is 0 Å². The Morgan fingerprint density at radius 3 is 1.33 bits per heavy atom. The van der Waals surface area contributed by atoms with Crippen LogP contribution in [-0.2, 0) is 20.4 Å². The molecular formula is C2H4BF4NPd. The van der Waals surface area contributed by atoms with E-state index < -0.39 is 7.25 Å². The first kappa shape index (κ1) is 16.0. The van der Waals surface area contributed by atoms with Crippen LogP contribution in [-0.4, -0.2) is 7.25 Å². The summed E-state index contributed by atoms with van der Waals surface area (Å²) >= 11 is 0. The summed E-state index contributed by atoms with van der Waals surface area (Å²) in [4.78, 5) is 0. The Hall–Kier alpha value is -0.0627. The molecule has 0 aliphatic heterocycles. The van der Waals surface area contributed by atoms with Gasteiger partial charge >= 0.3 is 8.68 Å². The minimum atomic E-state index is -6.00. The van der Waals surface area contributed by atoms with Gasteiger partial charge in [-0.1, -0.05) is 0 Å². The molecule has 0 saturated carbocycles. The van der Waals surface area contributed by atoms with E-state index in [4.69, 9.17) is 5.26 Å². The van der Waals surface area contributed by atoms with Crippen LogP contribution in [0.4, 0.5) is 17.3 Å². The first-order valence-corrected chi connectivity index (χ1v) is 1.60. The van der Waals surface area contributed by atoms with Crippen molar-refractivity contribution < 1.29 is 39.1 Å². The zero-order valence-corrected chi connectivity index (χ0v) is 5.91. The summed E-state index contributed by atoms with van der Waals surface area (Å²) in [7, 11) is -6.00. The van der Waals surface area contributed by atoms with Gasteiger partial charge < -0.3 is 17.3 Å². The summed E-state index contributed by atoms with van der Waals surface area (Å²) in [6.07, 6.45) is 0. The van der Waals surface area contributed by atoms with E-state index in [0.717, 1.165) is 0 Å². The van der Waals surface area contributed by atoms with Gasteiger partial charge in [-0.3, -0.25) is 0 Å². The second kappa shape index (κ2) is 7.94. The Bertz CT molecular complexity index is 84.2. The van der Waals surface area contributed by atoms with Crippen molar-refractivity contribution in [3.05, 3.63) is 0 Å². The predicted octanol–water partition coefficient (Wildman–Crippen LogP) is 1.94. The fraction of sp³-hybridized carbons (Fsp3) is 0.500. The molecule has 0 aromatic heterocycles. The number of halogens is 4. The molecule has 0 fully saturated rings. The number of rotatable bonds is 0. The second-order valence-corrected chi connectivity index (χ2v) is 0.718. The van der Waals surface area contributed by atoms with E-state index in [9.17, 15) is 17.3 Å². The first-order valence-electron chi connectivity index (χ1n) is 1.60. The number of nitriles is 1. The normalized spacial score (nSPS) is 7.56. The van der Waals surface area contributed by atoms with Crippen molar-refractivity contribution in [2.24, 2.45) is 0 Å². The maximum atomic E-state index is 9.75. The van der Waals surface area contributed by atoms with E-state index in [1.807, 2.05) is 0 Å². The molecular weight excluding hydrogens is 231 g/mol. The molecule has 0 aromatic carbocycles. The summed E-state index contributed by atoms with van der Waals surface area (Å²) in [5, 5.41) is 7.32. The molecule has 0 heterocycles. The van der Waals surface area contributed by atoms with Gasteiger partial charge in [0.05, 0.1) is 6.07 Å². The molecule has 0 saturated heterocycles. The maximum absolute atomic E-state index is 9.75. The fourth-order valence-electron chi connectivity index (χ4n) is 0. The molecule has 7 heteroatoms. The Morgan fingerprint density at radius 1 is 1.33 bits per heavy atom. The predicted molar refractivity (Wildman–Crippen MR) is 22.6 cm³/mol. The molecule has 0 amide bonds. The van der Waals surface area contributed by atoms with Gasteiger partial charge in [0.15, 0.2) is 0 Å². The van der Waals surface area contributed by atoms with E-state index >= 15 is 0 Å². The molecule has 58 valence electrons. The molecule has 0 spiro atoms. The van der Waals surface area contributed by atoms with Gasteiger partial charge in [-0.25, -0.2) is 0 Å². The third kappa shape index (κ3) is 71100. The van der Waals surface area contributed by atoms with Gasteiger partial charge in [-0.15, -0.1) is 0 Å². The molecule has 0 bridgehead atoms. The Labute approximate surface area is 65.3 Å². The fourth-order valence-corrected chi connectivity index (χ4v) is 0. The summed E-state index contributed by atoms with van der Waals surface area (Å²) in [5.74, 6) is 0.